The molecule has 0 saturated carbocycles. The summed E-state index contributed by atoms with van der Waals surface area (Å²) in [4.78, 5) is 28.9. The molecule has 0 bridgehead atoms. The van der Waals surface area contributed by atoms with Crippen LogP contribution in [0.5, 0.6) is 17.2 Å². The van der Waals surface area contributed by atoms with Gasteiger partial charge in [0.05, 0.1) is 32.1 Å². The van der Waals surface area contributed by atoms with Gasteiger partial charge >= 0.3 is 5.69 Å². The minimum atomic E-state index is -1.45. The van der Waals surface area contributed by atoms with E-state index in [0.29, 0.717) is 25.6 Å². The van der Waals surface area contributed by atoms with Crippen molar-refractivity contribution >= 4 is 11.7 Å². The number of benzene rings is 1. The van der Waals surface area contributed by atoms with E-state index in [1.54, 1.807) is 20.8 Å². The Hall–Kier alpha value is -3.22. The van der Waals surface area contributed by atoms with Gasteiger partial charge in [-0.15, -0.1) is 0 Å². The molecule has 1 amide bonds. The van der Waals surface area contributed by atoms with Gasteiger partial charge in [-0.25, -0.2) is 9.18 Å². The molecule has 3 N–H and O–H groups in total. The van der Waals surface area contributed by atoms with Crippen molar-refractivity contribution in [1.82, 2.24) is 9.55 Å². The summed E-state index contributed by atoms with van der Waals surface area (Å²) in [6.45, 7) is 7.76. The standard InChI is InChI=1S/C22H28FN3O8/c1-5-31-14-8-12(9-15(32-6-2)18(14)33-7-3)20(29)24-19-13(23)10-26(22(30)25-19)21-17(28)16(27)11(4)34-21/h8-11,16-17,21,27-28H,5-7H2,1-4H3,(H,24,25,29,30)/t11-,16?,17?,21-/m1/s1. The number of ether oxygens (including phenoxy) is 4. The third kappa shape index (κ3) is 5.13. The van der Waals surface area contributed by atoms with Crippen LogP contribution in [0.1, 0.15) is 44.3 Å². The maximum atomic E-state index is 14.7. The van der Waals surface area contributed by atoms with Crippen LogP contribution in [-0.2, 0) is 4.74 Å². The second kappa shape index (κ2) is 10.8. The zero-order valence-corrected chi connectivity index (χ0v) is 19.3. The predicted molar refractivity (Wildman–Crippen MR) is 118 cm³/mol. The lowest BCUT2D eigenvalue weighted by atomic mass is 10.1. The molecule has 0 radical (unpaired) electrons. The molecule has 1 aliphatic heterocycles. The number of halogens is 1. The highest BCUT2D eigenvalue weighted by Crippen LogP contribution is 2.39. The van der Waals surface area contributed by atoms with E-state index in [1.165, 1.54) is 19.1 Å². The van der Waals surface area contributed by atoms with Gasteiger partial charge in [0.1, 0.15) is 12.2 Å². The molecule has 11 nitrogen and oxygen atoms in total. The second-order valence-corrected chi connectivity index (χ2v) is 7.40. The first kappa shape index (κ1) is 25.4. The summed E-state index contributed by atoms with van der Waals surface area (Å²) in [5, 5.41) is 22.2. The molecule has 2 unspecified atom stereocenters. The average molecular weight is 481 g/mol. The van der Waals surface area contributed by atoms with Gasteiger partial charge in [0.25, 0.3) is 5.91 Å². The predicted octanol–water partition coefficient (Wildman–Crippen LogP) is 1.47. The normalized spacial score (nSPS) is 21.9. The van der Waals surface area contributed by atoms with Crippen molar-refractivity contribution in [3.05, 3.63) is 40.2 Å². The van der Waals surface area contributed by atoms with E-state index in [1.807, 2.05) is 0 Å². The number of nitrogens with one attached hydrogen (secondary N) is 1. The fourth-order valence-electron chi connectivity index (χ4n) is 3.47. The molecule has 186 valence electrons. The second-order valence-electron chi connectivity index (χ2n) is 7.40. The quantitative estimate of drug-likeness (QED) is 0.485. The number of aliphatic hydroxyl groups excluding tert-OH is 2. The minimum Gasteiger partial charge on any atom is -0.490 e. The number of aromatic nitrogens is 2. The number of nitrogens with zero attached hydrogens (tertiary/aromatic N) is 2. The van der Waals surface area contributed by atoms with Crippen molar-refractivity contribution in [3.8, 4) is 17.2 Å². The summed E-state index contributed by atoms with van der Waals surface area (Å²) in [6, 6.07) is 2.83. The number of hydrogen-bond acceptors (Lipinski definition) is 9. The maximum Gasteiger partial charge on any atom is 0.351 e. The summed E-state index contributed by atoms with van der Waals surface area (Å²) < 4.78 is 37.5. The Morgan fingerprint density at radius 2 is 1.71 bits per heavy atom. The molecule has 2 heterocycles. The van der Waals surface area contributed by atoms with Crippen molar-refractivity contribution in [2.45, 2.75) is 52.2 Å². The van der Waals surface area contributed by atoms with E-state index in [-0.39, 0.29) is 17.1 Å². The van der Waals surface area contributed by atoms with Crippen molar-refractivity contribution < 1.29 is 38.3 Å². The van der Waals surface area contributed by atoms with Crippen molar-refractivity contribution in [3.63, 3.8) is 0 Å². The zero-order valence-electron chi connectivity index (χ0n) is 19.3. The van der Waals surface area contributed by atoms with E-state index in [0.717, 1.165) is 10.8 Å². The first-order valence-electron chi connectivity index (χ1n) is 10.9. The van der Waals surface area contributed by atoms with Crippen LogP contribution in [0, 0.1) is 5.82 Å². The molecule has 1 fully saturated rings. The number of hydrogen-bond donors (Lipinski definition) is 3. The van der Waals surface area contributed by atoms with Crippen LogP contribution in [0.2, 0.25) is 0 Å². The summed E-state index contributed by atoms with van der Waals surface area (Å²) in [5.41, 5.74) is -0.925. The van der Waals surface area contributed by atoms with Crippen molar-refractivity contribution in [1.29, 1.82) is 0 Å². The lowest BCUT2D eigenvalue weighted by Crippen LogP contribution is -2.36. The van der Waals surface area contributed by atoms with Gasteiger partial charge < -0.3 is 34.5 Å². The summed E-state index contributed by atoms with van der Waals surface area (Å²) in [6.07, 6.45) is -4.05. The first-order valence-corrected chi connectivity index (χ1v) is 10.9. The van der Waals surface area contributed by atoms with Gasteiger partial charge in [-0.3, -0.25) is 9.36 Å². The van der Waals surface area contributed by atoms with Gasteiger partial charge in [-0.1, -0.05) is 0 Å². The third-order valence-electron chi connectivity index (χ3n) is 5.06. The van der Waals surface area contributed by atoms with Crippen LogP contribution in [0.15, 0.2) is 23.1 Å². The smallest absolute Gasteiger partial charge is 0.351 e. The van der Waals surface area contributed by atoms with Crippen molar-refractivity contribution in [2.24, 2.45) is 0 Å². The van der Waals surface area contributed by atoms with Crippen molar-refractivity contribution in [2.75, 3.05) is 25.1 Å². The van der Waals surface area contributed by atoms with Gasteiger partial charge in [0.15, 0.2) is 29.4 Å². The van der Waals surface area contributed by atoms with Gasteiger partial charge in [-0.2, -0.15) is 4.98 Å². The molecule has 1 aromatic heterocycles. The number of rotatable bonds is 9. The molecule has 1 aromatic carbocycles. The molecule has 4 atom stereocenters. The van der Waals surface area contributed by atoms with Gasteiger partial charge in [0, 0.05) is 5.56 Å². The highest BCUT2D eigenvalue weighted by molar-refractivity contribution is 6.04. The van der Waals surface area contributed by atoms with Crippen LogP contribution in [0.3, 0.4) is 0 Å². The van der Waals surface area contributed by atoms with Crippen LogP contribution in [0.4, 0.5) is 10.2 Å². The Balaban J connectivity index is 1.91. The zero-order chi connectivity index (χ0) is 25.0. The van der Waals surface area contributed by atoms with Crippen LogP contribution < -0.4 is 25.2 Å². The number of anilines is 1. The summed E-state index contributed by atoms with van der Waals surface area (Å²) in [5.74, 6) is -1.56. The molecule has 0 aliphatic carbocycles. The van der Waals surface area contributed by atoms with Crippen LogP contribution in [-0.4, -0.2) is 63.8 Å². The molecule has 1 aliphatic rings. The Bertz CT molecular complexity index is 1070. The van der Waals surface area contributed by atoms with Crippen LogP contribution in [0.25, 0.3) is 0 Å². The lowest BCUT2D eigenvalue weighted by molar-refractivity contribution is -0.0355. The van der Waals surface area contributed by atoms with Crippen LogP contribution >= 0.6 is 0 Å². The monoisotopic (exact) mass is 481 g/mol. The Morgan fingerprint density at radius 1 is 1.12 bits per heavy atom. The number of amides is 1. The largest absolute Gasteiger partial charge is 0.490 e. The first-order chi connectivity index (χ1) is 16.2. The number of carbonyl (C=O) groups is 1. The number of aliphatic hydroxyl groups is 2. The minimum absolute atomic E-state index is 0.0622. The molecular formula is C22H28FN3O8. The molecule has 2 aromatic rings. The number of carbonyl (C=O) groups excluding carboxylic acids is 1. The maximum absolute atomic E-state index is 14.7. The van der Waals surface area contributed by atoms with E-state index in [9.17, 15) is 24.2 Å². The molecule has 1 saturated heterocycles. The molecule has 34 heavy (non-hydrogen) atoms. The highest BCUT2D eigenvalue weighted by Gasteiger charge is 2.42. The molecule has 12 heteroatoms. The van der Waals surface area contributed by atoms with Gasteiger partial charge in [-0.05, 0) is 39.8 Å². The van der Waals surface area contributed by atoms with E-state index >= 15 is 0 Å². The van der Waals surface area contributed by atoms with E-state index < -0.39 is 47.8 Å². The SMILES string of the molecule is CCOc1cc(C(=O)Nc2nc(=O)n([C@@H]3O[C@H](C)C(O)C3O)cc2F)cc(OCC)c1OCC. The Kier molecular flexibility index (Phi) is 8.07. The molecule has 3 rings (SSSR count). The Labute approximate surface area is 195 Å². The van der Waals surface area contributed by atoms with E-state index in [4.69, 9.17) is 18.9 Å². The molecule has 0 spiro atoms. The summed E-state index contributed by atoms with van der Waals surface area (Å²) in [7, 11) is 0. The third-order valence-corrected chi connectivity index (χ3v) is 5.06. The highest BCUT2D eigenvalue weighted by atomic mass is 19.1. The molecular weight excluding hydrogens is 453 g/mol. The Morgan fingerprint density at radius 3 is 2.21 bits per heavy atom. The fraction of sp³-hybridized carbons (Fsp3) is 0.500. The topological polar surface area (TPSA) is 141 Å². The lowest BCUT2D eigenvalue weighted by Gasteiger charge is -2.18. The fourth-order valence-corrected chi connectivity index (χ4v) is 3.47. The summed E-state index contributed by atoms with van der Waals surface area (Å²) >= 11 is 0. The average Bonchev–Trinajstić information content (AvgIpc) is 3.05. The van der Waals surface area contributed by atoms with Gasteiger partial charge in [0.2, 0.25) is 5.75 Å². The van der Waals surface area contributed by atoms with E-state index in [2.05, 4.69) is 10.3 Å².